The molecule has 5 nitrogen and oxygen atoms in total. The summed E-state index contributed by atoms with van der Waals surface area (Å²) in [6, 6.07) is 7.83. The highest BCUT2D eigenvalue weighted by Crippen LogP contribution is 2.29. The van der Waals surface area contributed by atoms with Gasteiger partial charge < -0.3 is 4.42 Å². The van der Waals surface area contributed by atoms with Crippen molar-refractivity contribution in [2.45, 2.75) is 4.90 Å². The molecule has 0 saturated heterocycles. The quantitative estimate of drug-likeness (QED) is 0.638. The van der Waals surface area contributed by atoms with Crippen molar-refractivity contribution >= 4 is 25.8 Å². The van der Waals surface area contributed by atoms with Crippen LogP contribution in [0.25, 0.3) is 16.9 Å². The smallest absolute Gasteiger partial charge is 0.415 e. The summed E-state index contributed by atoms with van der Waals surface area (Å²) in [6.45, 7) is 0. The molecule has 0 amide bonds. The first-order valence-electron chi connectivity index (χ1n) is 6.84. The van der Waals surface area contributed by atoms with Crippen LogP contribution in [0.1, 0.15) is 0 Å². The van der Waals surface area contributed by atoms with E-state index in [2.05, 4.69) is 15.9 Å². The highest BCUT2D eigenvalue weighted by Gasteiger charge is 2.22. The van der Waals surface area contributed by atoms with Crippen molar-refractivity contribution in [3.05, 3.63) is 69.3 Å². The normalized spacial score (nSPS) is 11.7. The van der Waals surface area contributed by atoms with Gasteiger partial charge in [-0.1, -0.05) is 15.9 Å². The van der Waals surface area contributed by atoms with Crippen molar-refractivity contribution in [1.82, 2.24) is 4.57 Å². The largest absolute Gasteiger partial charge is 0.424 e. The number of nitrogens with zero attached hydrogens (tertiary/aromatic N) is 1. The van der Waals surface area contributed by atoms with Gasteiger partial charge in [-0.15, -0.1) is 0 Å². The molecule has 0 aliphatic heterocycles. The Morgan fingerprint density at radius 2 is 1.72 bits per heavy atom. The fraction of sp³-hybridized carbons (Fsp3) is 0.0625. The summed E-state index contributed by atoms with van der Waals surface area (Å²) >= 11 is 3.26. The number of hydrogen-bond acceptors (Lipinski definition) is 4. The molecule has 1 heterocycles. The number of oxazole rings is 1. The zero-order valence-corrected chi connectivity index (χ0v) is 15.1. The van der Waals surface area contributed by atoms with E-state index < -0.39 is 32.1 Å². The maximum absolute atomic E-state index is 14.4. The number of benzene rings is 2. The highest BCUT2D eigenvalue weighted by atomic mass is 79.9. The van der Waals surface area contributed by atoms with Crippen LogP contribution in [-0.4, -0.2) is 19.2 Å². The number of halogens is 3. The minimum Gasteiger partial charge on any atom is -0.415 e. The SMILES string of the molecule is CS(=O)(=O)c1cc(F)c(-c2coc(=O)n2-c2ccc(Br)cc2)cc1F. The van der Waals surface area contributed by atoms with E-state index in [9.17, 15) is 22.0 Å². The van der Waals surface area contributed by atoms with Crippen LogP contribution >= 0.6 is 15.9 Å². The lowest BCUT2D eigenvalue weighted by Crippen LogP contribution is -2.13. The number of rotatable bonds is 3. The first kappa shape index (κ1) is 17.6. The second kappa shape index (κ2) is 6.23. The minimum atomic E-state index is -3.93. The fourth-order valence-corrected chi connectivity index (χ4v) is 3.33. The summed E-state index contributed by atoms with van der Waals surface area (Å²) in [6.07, 6.45) is 1.77. The van der Waals surface area contributed by atoms with Gasteiger partial charge in [0.25, 0.3) is 0 Å². The van der Waals surface area contributed by atoms with Gasteiger partial charge >= 0.3 is 5.76 Å². The fourth-order valence-electron chi connectivity index (χ4n) is 2.34. The van der Waals surface area contributed by atoms with E-state index in [1.807, 2.05) is 0 Å². The van der Waals surface area contributed by atoms with Crippen LogP contribution in [0.2, 0.25) is 0 Å². The van der Waals surface area contributed by atoms with Crippen LogP contribution in [-0.2, 0) is 9.84 Å². The minimum absolute atomic E-state index is 0.0382. The van der Waals surface area contributed by atoms with E-state index in [-0.39, 0.29) is 11.3 Å². The Kier molecular flexibility index (Phi) is 4.38. The third-order valence-electron chi connectivity index (χ3n) is 3.48. The Hall–Kier alpha value is -2.26. The molecule has 0 spiro atoms. The standard InChI is InChI=1S/C16H10BrF2NO4S/c1-25(22,23)15-7-12(18)11(6-13(15)19)14-8-24-16(21)20(14)10-4-2-9(17)3-5-10/h2-8H,1H3. The number of sulfone groups is 1. The van der Waals surface area contributed by atoms with Crippen molar-refractivity contribution in [1.29, 1.82) is 0 Å². The van der Waals surface area contributed by atoms with E-state index in [0.717, 1.165) is 27.6 Å². The maximum atomic E-state index is 14.4. The van der Waals surface area contributed by atoms with Crippen molar-refractivity contribution in [2.24, 2.45) is 0 Å². The second-order valence-corrected chi connectivity index (χ2v) is 8.13. The Morgan fingerprint density at radius 3 is 2.32 bits per heavy atom. The summed E-state index contributed by atoms with van der Waals surface area (Å²) < 4.78 is 58.2. The molecule has 130 valence electrons. The van der Waals surface area contributed by atoms with E-state index in [0.29, 0.717) is 11.8 Å². The van der Waals surface area contributed by atoms with Crippen molar-refractivity contribution in [2.75, 3.05) is 6.26 Å². The summed E-state index contributed by atoms with van der Waals surface area (Å²) in [5, 5.41) is 0. The lowest BCUT2D eigenvalue weighted by Gasteiger charge is -2.09. The molecule has 0 aliphatic rings. The molecule has 2 aromatic carbocycles. The van der Waals surface area contributed by atoms with E-state index in [4.69, 9.17) is 4.42 Å². The van der Waals surface area contributed by atoms with Crippen LogP contribution < -0.4 is 5.76 Å². The maximum Gasteiger partial charge on any atom is 0.424 e. The third-order valence-corrected chi connectivity index (χ3v) is 5.12. The van der Waals surface area contributed by atoms with E-state index >= 15 is 0 Å². The lowest BCUT2D eigenvalue weighted by atomic mass is 10.1. The Morgan fingerprint density at radius 1 is 1.08 bits per heavy atom. The Bertz CT molecular complexity index is 1120. The van der Waals surface area contributed by atoms with Crippen LogP contribution in [0.3, 0.4) is 0 Å². The molecule has 0 saturated carbocycles. The zero-order valence-electron chi connectivity index (χ0n) is 12.7. The van der Waals surface area contributed by atoms with Crippen LogP contribution in [0.15, 0.2) is 61.2 Å². The molecule has 0 N–H and O–H groups in total. The van der Waals surface area contributed by atoms with Gasteiger partial charge in [-0.3, -0.25) is 0 Å². The van der Waals surface area contributed by atoms with E-state index in [1.165, 1.54) is 0 Å². The molecule has 0 fully saturated rings. The molecule has 0 unspecified atom stereocenters. The topological polar surface area (TPSA) is 69.3 Å². The van der Waals surface area contributed by atoms with Gasteiger partial charge in [0, 0.05) is 16.3 Å². The van der Waals surface area contributed by atoms with Gasteiger partial charge in [-0.05, 0) is 36.4 Å². The summed E-state index contributed by atoms with van der Waals surface area (Å²) in [5.74, 6) is -2.90. The summed E-state index contributed by atoms with van der Waals surface area (Å²) in [5.41, 5.74) is 0.0476. The van der Waals surface area contributed by atoms with Crippen LogP contribution in [0, 0.1) is 11.6 Å². The first-order chi connectivity index (χ1) is 11.7. The molecular formula is C16H10BrF2NO4S. The van der Waals surface area contributed by atoms with E-state index in [1.54, 1.807) is 24.3 Å². The van der Waals surface area contributed by atoms with Crippen LogP contribution in [0.4, 0.5) is 8.78 Å². The Balaban J connectivity index is 2.24. The zero-order chi connectivity index (χ0) is 18.4. The van der Waals surface area contributed by atoms with Crippen molar-refractivity contribution in [3.63, 3.8) is 0 Å². The Labute approximate surface area is 149 Å². The van der Waals surface area contributed by atoms with Crippen molar-refractivity contribution in [3.8, 4) is 16.9 Å². The highest BCUT2D eigenvalue weighted by molar-refractivity contribution is 9.10. The average molecular weight is 430 g/mol. The molecule has 1 aromatic heterocycles. The molecule has 0 atom stereocenters. The predicted octanol–water partition coefficient (Wildman–Crippen LogP) is 3.54. The van der Waals surface area contributed by atoms with Gasteiger partial charge in [0.2, 0.25) is 0 Å². The summed E-state index contributed by atoms with van der Waals surface area (Å²) in [4.78, 5) is 11.2. The number of aromatic nitrogens is 1. The van der Waals surface area contributed by atoms with Gasteiger partial charge in [0.1, 0.15) is 22.8 Å². The molecular weight excluding hydrogens is 420 g/mol. The molecule has 25 heavy (non-hydrogen) atoms. The van der Waals surface area contributed by atoms with Crippen molar-refractivity contribution < 1.29 is 21.6 Å². The molecule has 0 radical (unpaired) electrons. The van der Waals surface area contributed by atoms with Gasteiger partial charge in [0.05, 0.1) is 11.4 Å². The number of hydrogen-bond donors (Lipinski definition) is 0. The van der Waals surface area contributed by atoms with Gasteiger partial charge in [0.15, 0.2) is 9.84 Å². The molecule has 0 bridgehead atoms. The average Bonchev–Trinajstić information content (AvgIpc) is 2.90. The molecule has 9 heteroatoms. The molecule has 0 aliphatic carbocycles. The van der Waals surface area contributed by atoms with Gasteiger partial charge in [-0.2, -0.15) is 0 Å². The molecule has 3 rings (SSSR count). The third kappa shape index (κ3) is 3.29. The lowest BCUT2D eigenvalue weighted by molar-refractivity contribution is 0.504. The van der Waals surface area contributed by atoms with Crippen LogP contribution in [0.5, 0.6) is 0 Å². The predicted molar refractivity (Wildman–Crippen MR) is 90.5 cm³/mol. The molecule has 3 aromatic rings. The summed E-state index contributed by atoms with van der Waals surface area (Å²) in [7, 11) is -3.93. The second-order valence-electron chi connectivity index (χ2n) is 5.23. The monoisotopic (exact) mass is 429 g/mol. The first-order valence-corrected chi connectivity index (χ1v) is 9.53. The van der Waals surface area contributed by atoms with Gasteiger partial charge in [-0.25, -0.2) is 26.6 Å².